The smallest absolute Gasteiger partial charge is 0.0123 e. The lowest BCUT2D eigenvalue weighted by Crippen LogP contribution is -2.57. The molecule has 0 aromatic rings. The van der Waals surface area contributed by atoms with Gasteiger partial charge in [-0.2, -0.15) is 0 Å². The number of likely N-dealkylation sites (tertiary alicyclic amines) is 2. The molecular formula is C16H33N3. The summed E-state index contributed by atoms with van der Waals surface area (Å²) < 4.78 is 0. The molecular weight excluding hydrogens is 234 g/mol. The van der Waals surface area contributed by atoms with Crippen LogP contribution < -0.4 is 5.32 Å². The Labute approximate surface area is 119 Å². The molecule has 0 spiro atoms. The molecule has 2 saturated heterocycles. The molecule has 2 aliphatic heterocycles. The van der Waals surface area contributed by atoms with Gasteiger partial charge < -0.3 is 10.2 Å². The zero-order chi connectivity index (χ0) is 13.8. The van der Waals surface area contributed by atoms with Gasteiger partial charge in [0.1, 0.15) is 0 Å². The Morgan fingerprint density at radius 3 is 2.32 bits per heavy atom. The first-order valence-corrected chi connectivity index (χ1v) is 8.32. The maximum absolute atomic E-state index is 3.50. The average molecular weight is 267 g/mol. The third-order valence-corrected chi connectivity index (χ3v) is 5.55. The standard InChI is InChI=1S/C16H33N3/c1-5-9-18-10-6-15(7-11-18)19-12-8-16(17-4)13(2)14(19)3/h13-17H,5-12H2,1-4H3. The van der Waals surface area contributed by atoms with Gasteiger partial charge in [0.25, 0.3) is 0 Å². The highest BCUT2D eigenvalue weighted by Crippen LogP contribution is 2.28. The Kier molecular flexibility index (Phi) is 5.67. The molecule has 3 heteroatoms. The van der Waals surface area contributed by atoms with Gasteiger partial charge in [-0.25, -0.2) is 0 Å². The van der Waals surface area contributed by atoms with Crippen LogP contribution in [0.1, 0.15) is 46.5 Å². The average Bonchev–Trinajstić information content (AvgIpc) is 2.43. The monoisotopic (exact) mass is 267 g/mol. The molecule has 19 heavy (non-hydrogen) atoms. The summed E-state index contributed by atoms with van der Waals surface area (Å²) in [6.45, 7) is 12.3. The molecule has 2 fully saturated rings. The van der Waals surface area contributed by atoms with Crippen LogP contribution >= 0.6 is 0 Å². The van der Waals surface area contributed by atoms with Crippen molar-refractivity contribution < 1.29 is 0 Å². The lowest BCUT2D eigenvalue weighted by atomic mass is 9.85. The number of nitrogens with zero attached hydrogens (tertiary/aromatic N) is 2. The van der Waals surface area contributed by atoms with Gasteiger partial charge in [-0.15, -0.1) is 0 Å². The van der Waals surface area contributed by atoms with Crippen LogP contribution in [0, 0.1) is 5.92 Å². The van der Waals surface area contributed by atoms with Gasteiger partial charge in [-0.3, -0.25) is 4.90 Å². The van der Waals surface area contributed by atoms with Crippen molar-refractivity contribution in [2.24, 2.45) is 5.92 Å². The van der Waals surface area contributed by atoms with Gasteiger partial charge in [0.15, 0.2) is 0 Å². The van der Waals surface area contributed by atoms with E-state index in [4.69, 9.17) is 0 Å². The van der Waals surface area contributed by atoms with Crippen LogP contribution in [0.3, 0.4) is 0 Å². The Hall–Kier alpha value is -0.120. The molecule has 0 aromatic heterocycles. The summed E-state index contributed by atoms with van der Waals surface area (Å²) in [4.78, 5) is 5.45. The molecule has 3 unspecified atom stereocenters. The van der Waals surface area contributed by atoms with Crippen molar-refractivity contribution in [2.75, 3.05) is 33.2 Å². The lowest BCUT2D eigenvalue weighted by molar-refractivity contribution is 0.0199. The molecule has 0 aliphatic carbocycles. The Morgan fingerprint density at radius 2 is 1.74 bits per heavy atom. The molecule has 0 bridgehead atoms. The van der Waals surface area contributed by atoms with E-state index in [1.807, 2.05) is 0 Å². The second-order valence-electron chi connectivity index (χ2n) is 6.59. The zero-order valence-corrected chi connectivity index (χ0v) is 13.4. The molecule has 1 N–H and O–H groups in total. The third-order valence-electron chi connectivity index (χ3n) is 5.55. The summed E-state index contributed by atoms with van der Waals surface area (Å²) in [5, 5.41) is 3.50. The Balaban J connectivity index is 1.86. The quantitative estimate of drug-likeness (QED) is 0.842. The van der Waals surface area contributed by atoms with E-state index in [9.17, 15) is 0 Å². The summed E-state index contributed by atoms with van der Waals surface area (Å²) in [7, 11) is 2.12. The Bertz CT molecular complexity index is 261. The maximum Gasteiger partial charge on any atom is 0.0123 e. The maximum atomic E-state index is 3.50. The van der Waals surface area contributed by atoms with Crippen molar-refractivity contribution in [1.82, 2.24) is 15.1 Å². The van der Waals surface area contributed by atoms with Gasteiger partial charge in [0, 0.05) is 24.7 Å². The fourth-order valence-electron chi connectivity index (χ4n) is 4.11. The van der Waals surface area contributed by atoms with Crippen molar-refractivity contribution in [3.63, 3.8) is 0 Å². The van der Waals surface area contributed by atoms with Crippen LogP contribution in [0.25, 0.3) is 0 Å². The predicted octanol–water partition coefficient (Wildman–Crippen LogP) is 2.18. The Morgan fingerprint density at radius 1 is 1.05 bits per heavy atom. The minimum atomic E-state index is 0.714. The minimum absolute atomic E-state index is 0.714. The van der Waals surface area contributed by atoms with Crippen molar-refractivity contribution in [1.29, 1.82) is 0 Å². The van der Waals surface area contributed by atoms with E-state index in [0.717, 1.165) is 18.0 Å². The lowest BCUT2D eigenvalue weighted by Gasteiger charge is -2.48. The van der Waals surface area contributed by atoms with Gasteiger partial charge in [-0.05, 0) is 65.2 Å². The highest BCUT2D eigenvalue weighted by molar-refractivity contribution is 4.92. The van der Waals surface area contributed by atoms with E-state index in [-0.39, 0.29) is 0 Å². The first-order chi connectivity index (χ1) is 9.17. The first kappa shape index (κ1) is 15.3. The van der Waals surface area contributed by atoms with Crippen LogP contribution in [-0.2, 0) is 0 Å². The topological polar surface area (TPSA) is 18.5 Å². The van der Waals surface area contributed by atoms with Gasteiger partial charge in [0.05, 0.1) is 0 Å². The van der Waals surface area contributed by atoms with E-state index < -0.39 is 0 Å². The highest BCUT2D eigenvalue weighted by Gasteiger charge is 2.36. The number of hydrogen-bond donors (Lipinski definition) is 1. The first-order valence-electron chi connectivity index (χ1n) is 8.32. The summed E-state index contributed by atoms with van der Waals surface area (Å²) in [5.41, 5.74) is 0. The fraction of sp³-hybridized carbons (Fsp3) is 1.00. The molecule has 112 valence electrons. The fourth-order valence-corrected chi connectivity index (χ4v) is 4.11. The molecule has 3 nitrogen and oxygen atoms in total. The van der Waals surface area contributed by atoms with Crippen LogP contribution in [-0.4, -0.2) is 61.2 Å². The third kappa shape index (κ3) is 3.50. The molecule has 2 rings (SSSR count). The van der Waals surface area contributed by atoms with Gasteiger partial charge >= 0.3 is 0 Å². The van der Waals surface area contributed by atoms with Crippen molar-refractivity contribution in [3.05, 3.63) is 0 Å². The van der Waals surface area contributed by atoms with Crippen LogP contribution in [0.5, 0.6) is 0 Å². The van der Waals surface area contributed by atoms with E-state index in [2.05, 4.69) is 42.9 Å². The van der Waals surface area contributed by atoms with Crippen LogP contribution in [0.4, 0.5) is 0 Å². The van der Waals surface area contributed by atoms with E-state index in [1.54, 1.807) is 0 Å². The number of nitrogens with one attached hydrogen (secondary N) is 1. The van der Waals surface area contributed by atoms with Crippen LogP contribution in [0.2, 0.25) is 0 Å². The van der Waals surface area contributed by atoms with Crippen molar-refractivity contribution in [2.45, 2.75) is 64.6 Å². The summed E-state index contributed by atoms with van der Waals surface area (Å²) >= 11 is 0. The molecule has 0 aromatic carbocycles. The van der Waals surface area contributed by atoms with Crippen molar-refractivity contribution in [3.8, 4) is 0 Å². The molecule has 0 radical (unpaired) electrons. The molecule has 3 atom stereocenters. The molecule has 2 aliphatic rings. The number of piperidine rings is 2. The second-order valence-corrected chi connectivity index (χ2v) is 6.59. The van der Waals surface area contributed by atoms with E-state index in [0.29, 0.717) is 6.04 Å². The normalized spacial score (nSPS) is 35.7. The summed E-state index contributed by atoms with van der Waals surface area (Å²) in [6, 6.07) is 2.28. The summed E-state index contributed by atoms with van der Waals surface area (Å²) in [5.74, 6) is 0.771. The predicted molar refractivity (Wildman–Crippen MR) is 82.5 cm³/mol. The summed E-state index contributed by atoms with van der Waals surface area (Å²) in [6.07, 6.45) is 5.37. The van der Waals surface area contributed by atoms with Gasteiger partial charge in [0.2, 0.25) is 0 Å². The largest absolute Gasteiger partial charge is 0.317 e. The van der Waals surface area contributed by atoms with Crippen LogP contribution in [0.15, 0.2) is 0 Å². The minimum Gasteiger partial charge on any atom is -0.317 e. The number of rotatable bonds is 4. The highest BCUT2D eigenvalue weighted by atomic mass is 15.2. The van der Waals surface area contributed by atoms with E-state index in [1.165, 1.54) is 51.9 Å². The molecule has 0 saturated carbocycles. The SMILES string of the molecule is CCCN1CCC(N2CCC(NC)C(C)C2C)CC1. The molecule has 2 heterocycles. The van der Waals surface area contributed by atoms with Crippen molar-refractivity contribution >= 4 is 0 Å². The zero-order valence-electron chi connectivity index (χ0n) is 13.4. The molecule has 0 amide bonds. The van der Waals surface area contributed by atoms with Gasteiger partial charge in [-0.1, -0.05) is 13.8 Å². The van der Waals surface area contributed by atoms with E-state index >= 15 is 0 Å². The second kappa shape index (κ2) is 7.05. The number of hydrogen-bond acceptors (Lipinski definition) is 3.